The van der Waals surface area contributed by atoms with Crippen molar-refractivity contribution in [3.8, 4) is 11.5 Å². The van der Waals surface area contributed by atoms with Gasteiger partial charge in [-0.3, -0.25) is 9.59 Å². The number of nitrogens with one attached hydrogen (secondary N) is 2. The van der Waals surface area contributed by atoms with Crippen molar-refractivity contribution < 1.29 is 32.2 Å². The fraction of sp³-hybridized carbons (Fsp3) is 0.333. The number of benzene rings is 3. The van der Waals surface area contributed by atoms with Crippen molar-refractivity contribution in [1.29, 1.82) is 0 Å². The Morgan fingerprint density at radius 3 is 1.60 bits per heavy atom. The molecule has 3 aromatic carbocycles. The number of nitrogen functional groups attached to an aromatic ring is 2. The monoisotopic (exact) mass is 602 g/mol. The van der Waals surface area contributed by atoms with Crippen molar-refractivity contribution in [2.24, 2.45) is 0 Å². The van der Waals surface area contributed by atoms with Crippen LogP contribution in [0.3, 0.4) is 0 Å². The zero-order chi connectivity index (χ0) is 31.7. The zero-order valence-corrected chi connectivity index (χ0v) is 24.6. The molecule has 0 heterocycles. The number of anilines is 4. The lowest BCUT2D eigenvalue weighted by Crippen LogP contribution is -2.18. The number of hydrogen-bond donors (Lipinski definition) is 4. The fourth-order valence-electron chi connectivity index (χ4n) is 3.93. The van der Waals surface area contributed by atoms with E-state index in [0.29, 0.717) is 12.8 Å². The maximum Gasteiger partial charge on any atom is 0.258 e. The highest BCUT2D eigenvalue weighted by Crippen LogP contribution is 2.30. The van der Waals surface area contributed by atoms with E-state index < -0.39 is 34.8 Å². The highest BCUT2D eigenvalue weighted by molar-refractivity contribution is 6.08. The van der Waals surface area contributed by atoms with E-state index in [1.165, 1.54) is 18.2 Å². The number of halogens is 3. The van der Waals surface area contributed by atoms with Crippen molar-refractivity contribution in [2.75, 3.05) is 76.6 Å². The largest absolute Gasteiger partial charge is 0.490 e. The van der Waals surface area contributed by atoms with E-state index in [4.69, 9.17) is 20.9 Å². The highest BCUT2D eigenvalue weighted by Gasteiger charge is 2.19. The van der Waals surface area contributed by atoms with Gasteiger partial charge in [-0.05, 0) is 59.2 Å². The highest BCUT2D eigenvalue weighted by atomic mass is 19.1. The second-order valence-electron chi connectivity index (χ2n) is 10.4. The van der Waals surface area contributed by atoms with E-state index in [1.807, 2.05) is 38.0 Å². The second kappa shape index (κ2) is 15.1. The number of ether oxygens (including phenoxy) is 2. The summed E-state index contributed by atoms with van der Waals surface area (Å²) in [7, 11) is 7.64. The van der Waals surface area contributed by atoms with Crippen LogP contribution < -0.4 is 31.6 Å². The molecule has 6 N–H and O–H groups in total. The second-order valence-corrected chi connectivity index (χ2v) is 10.4. The van der Waals surface area contributed by atoms with Crippen molar-refractivity contribution in [3.05, 3.63) is 71.0 Å². The number of carbonyl (C=O) groups is 2. The normalized spacial score (nSPS) is 11.1. The third kappa shape index (κ3) is 9.51. The van der Waals surface area contributed by atoms with Gasteiger partial charge in [0.25, 0.3) is 11.8 Å². The van der Waals surface area contributed by atoms with Crippen LogP contribution in [0.1, 0.15) is 33.6 Å². The third-order valence-corrected chi connectivity index (χ3v) is 6.19. The minimum atomic E-state index is -1.02. The van der Waals surface area contributed by atoms with Crippen molar-refractivity contribution in [3.63, 3.8) is 0 Å². The maximum atomic E-state index is 14.9. The molecular weight excluding hydrogens is 565 g/mol. The Balaban J connectivity index is 1.64. The minimum Gasteiger partial charge on any atom is -0.490 e. The van der Waals surface area contributed by atoms with Gasteiger partial charge in [-0.25, -0.2) is 13.2 Å². The predicted molar refractivity (Wildman–Crippen MR) is 161 cm³/mol. The standard InChI is InChI=1S/C30H37F3N6O4/c1-38(2)9-5-11-42-27-16-23(34)25(14-21(27)32)36-29(40)18-7-8-19(20(31)13-18)30(41)37-26-15-22(33)28(17-24(26)35)43-12-6-10-39(3)4/h7-8,13-17H,5-6,9-12,34-35H2,1-4H3,(H,36,40)(H,37,41). The number of amides is 2. The van der Waals surface area contributed by atoms with Crippen LogP contribution in [-0.2, 0) is 0 Å². The van der Waals surface area contributed by atoms with Crippen molar-refractivity contribution in [1.82, 2.24) is 9.80 Å². The van der Waals surface area contributed by atoms with E-state index in [1.54, 1.807) is 0 Å². The van der Waals surface area contributed by atoms with Gasteiger partial charge < -0.3 is 41.4 Å². The lowest BCUT2D eigenvalue weighted by atomic mass is 10.1. The Morgan fingerprint density at radius 1 is 0.698 bits per heavy atom. The van der Waals surface area contributed by atoms with Gasteiger partial charge >= 0.3 is 0 Å². The van der Waals surface area contributed by atoms with Crippen LogP contribution in [0.25, 0.3) is 0 Å². The van der Waals surface area contributed by atoms with Gasteiger partial charge in [-0.1, -0.05) is 0 Å². The van der Waals surface area contributed by atoms with E-state index in [-0.39, 0.29) is 53.0 Å². The first kappa shape index (κ1) is 33.0. The summed E-state index contributed by atoms with van der Waals surface area (Å²) >= 11 is 0. The molecule has 3 rings (SSSR count). The SMILES string of the molecule is CN(C)CCCOc1cc(N)c(NC(=O)c2ccc(C(=O)Nc3cc(F)c(OCCCN(C)C)cc3N)c(F)c2)cc1F. The number of nitrogens with two attached hydrogens (primary N) is 2. The lowest BCUT2D eigenvalue weighted by Gasteiger charge is -2.14. The molecule has 0 saturated heterocycles. The molecule has 2 amide bonds. The molecule has 3 aromatic rings. The van der Waals surface area contributed by atoms with Crippen LogP contribution in [0, 0.1) is 17.5 Å². The number of hydrogen-bond acceptors (Lipinski definition) is 8. The molecule has 0 atom stereocenters. The molecule has 232 valence electrons. The molecule has 43 heavy (non-hydrogen) atoms. The number of rotatable bonds is 14. The van der Waals surface area contributed by atoms with Crippen LogP contribution in [0.5, 0.6) is 11.5 Å². The van der Waals surface area contributed by atoms with Crippen LogP contribution in [0.4, 0.5) is 35.9 Å². The molecule has 0 bridgehead atoms. The lowest BCUT2D eigenvalue weighted by molar-refractivity contribution is 0.101. The molecule has 0 aliphatic carbocycles. The first-order valence-corrected chi connectivity index (χ1v) is 13.5. The summed E-state index contributed by atoms with van der Waals surface area (Å²) in [6.07, 6.45) is 1.34. The molecule has 13 heteroatoms. The quantitative estimate of drug-likeness (QED) is 0.157. The summed E-state index contributed by atoms with van der Waals surface area (Å²) in [5, 5.41) is 4.80. The summed E-state index contributed by atoms with van der Waals surface area (Å²) in [5.74, 6) is -4.33. The molecule has 0 aromatic heterocycles. The van der Waals surface area contributed by atoms with Gasteiger partial charge in [0.05, 0.1) is 41.5 Å². The molecule has 0 spiro atoms. The first-order valence-electron chi connectivity index (χ1n) is 13.5. The van der Waals surface area contributed by atoms with Gasteiger partial charge in [0.2, 0.25) is 0 Å². The van der Waals surface area contributed by atoms with Crippen LogP contribution >= 0.6 is 0 Å². The smallest absolute Gasteiger partial charge is 0.258 e. The number of nitrogens with zero attached hydrogens (tertiary/aromatic N) is 2. The maximum absolute atomic E-state index is 14.9. The summed E-state index contributed by atoms with van der Waals surface area (Å²) in [6.45, 7) is 2.06. The molecule has 0 saturated carbocycles. The Hall–Kier alpha value is -4.49. The van der Waals surface area contributed by atoms with E-state index in [2.05, 4.69) is 10.6 Å². The molecular formula is C30H37F3N6O4. The van der Waals surface area contributed by atoms with Gasteiger partial charge in [0.1, 0.15) is 5.82 Å². The predicted octanol–water partition coefficient (Wildman–Crippen LogP) is 4.43. The van der Waals surface area contributed by atoms with Crippen LogP contribution in [0.2, 0.25) is 0 Å². The summed E-state index contributed by atoms with van der Waals surface area (Å²) < 4.78 is 54.8. The molecule has 0 aliphatic rings. The van der Waals surface area contributed by atoms with E-state index >= 15 is 0 Å². The Kier molecular flexibility index (Phi) is 11.6. The van der Waals surface area contributed by atoms with Gasteiger partial charge in [0.15, 0.2) is 23.1 Å². The first-order chi connectivity index (χ1) is 20.3. The summed E-state index contributed by atoms with van der Waals surface area (Å²) in [4.78, 5) is 29.4. The summed E-state index contributed by atoms with van der Waals surface area (Å²) in [6, 6.07) is 7.62. The molecule has 0 unspecified atom stereocenters. The molecule has 10 nitrogen and oxygen atoms in total. The fourth-order valence-corrected chi connectivity index (χ4v) is 3.93. The van der Waals surface area contributed by atoms with Crippen molar-refractivity contribution >= 4 is 34.6 Å². The van der Waals surface area contributed by atoms with Gasteiger partial charge in [-0.2, -0.15) is 0 Å². The van der Waals surface area contributed by atoms with E-state index in [9.17, 15) is 22.8 Å². The average molecular weight is 603 g/mol. The zero-order valence-electron chi connectivity index (χ0n) is 24.6. The topological polar surface area (TPSA) is 135 Å². The molecule has 0 aliphatic heterocycles. The molecule has 0 radical (unpaired) electrons. The number of carbonyl (C=O) groups excluding carboxylic acids is 2. The van der Waals surface area contributed by atoms with Crippen LogP contribution in [-0.4, -0.2) is 76.1 Å². The molecule has 0 fully saturated rings. The Bertz CT molecular complexity index is 1450. The summed E-state index contributed by atoms with van der Waals surface area (Å²) in [5.41, 5.74) is 11.3. The van der Waals surface area contributed by atoms with Gasteiger partial charge in [-0.15, -0.1) is 0 Å². The van der Waals surface area contributed by atoms with E-state index in [0.717, 1.165) is 37.4 Å². The third-order valence-electron chi connectivity index (χ3n) is 6.19. The minimum absolute atomic E-state index is 0.0172. The Labute approximate surface area is 248 Å². The van der Waals surface area contributed by atoms with Crippen LogP contribution in [0.15, 0.2) is 42.5 Å². The van der Waals surface area contributed by atoms with Crippen molar-refractivity contribution in [2.45, 2.75) is 12.8 Å². The van der Waals surface area contributed by atoms with Gasteiger partial charge in [0, 0.05) is 42.9 Å². The Morgan fingerprint density at radius 2 is 1.16 bits per heavy atom. The average Bonchev–Trinajstić information content (AvgIpc) is 2.93.